The van der Waals surface area contributed by atoms with Crippen LogP contribution >= 0.6 is 11.8 Å². The molecule has 6 nitrogen and oxygen atoms in total. The molecule has 7 heteroatoms. The first-order valence-corrected chi connectivity index (χ1v) is 9.13. The molecule has 1 aliphatic carbocycles. The van der Waals surface area contributed by atoms with E-state index in [-0.39, 0.29) is 11.3 Å². The summed E-state index contributed by atoms with van der Waals surface area (Å²) in [5.74, 6) is 2.64. The van der Waals surface area contributed by atoms with Crippen molar-refractivity contribution >= 4 is 17.7 Å². The van der Waals surface area contributed by atoms with Crippen LogP contribution in [-0.2, 0) is 16.8 Å². The van der Waals surface area contributed by atoms with Gasteiger partial charge in [-0.05, 0) is 31.9 Å². The predicted molar refractivity (Wildman–Crippen MR) is 90.7 cm³/mol. The Hall–Kier alpha value is -1.76. The molecule has 24 heavy (non-hydrogen) atoms. The van der Waals surface area contributed by atoms with Crippen molar-refractivity contribution in [2.75, 3.05) is 5.75 Å². The van der Waals surface area contributed by atoms with Gasteiger partial charge in [0.15, 0.2) is 0 Å². The van der Waals surface area contributed by atoms with Gasteiger partial charge in [-0.25, -0.2) is 0 Å². The van der Waals surface area contributed by atoms with Crippen LogP contribution in [0.5, 0.6) is 0 Å². The Morgan fingerprint density at radius 3 is 2.58 bits per heavy atom. The van der Waals surface area contributed by atoms with Gasteiger partial charge in [0.1, 0.15) is 11.5 Å². The fourth-order valence-corrected chi connectivity index (χ4v) is 2.97. The van der Waals surface area contributed by atoms with E-state index in [0.29, 0.717) is 29.5 Å². The number of aromatic nitrogens is 2. The number of hydrogen-bond donors (Lipinski definition) is 0. The SMILES string of the molecule is Cc1ccc(CN(C(=O)CSc2nnc(C(C)(C)C)o2)C2CC2)o1. The zero-order valence-corrected chi connectivity index (χ0v) is 15.4. The maximum Gasteiger partial charge on any atom is 0.277 e. The van der Waals surface area contributed by atoms with E-state index in [2.05, 4.69) is 10.2 Å². The van der Waals surface area contributed by atoms with E-state index >= 15 is 0 Å². The average Bonchev–Trinajstić information content (AvgIpc) is 3.07. The van der Waals surface area contributed by atoms with Gasteiger partial charge in [-0.3, -0.25) is 4.79 Å². The zero-order chi connectivity index (χ0) is 17.3. The number of carbonyl (C=O) groups excluding carboxylic acids is 1. The molecule has 1 amide bonds. The van der Waals surface area contributed by atoms with Crippen LogP contribution in [0.3, 0.4) is 0 Å². The van der Waals surface area contributed by atoms with Gasteiger partial charge in [-0.2, -0.15) is 0 Å². The highest BCUT2D eigenvalue weighted by Gasteiger charge is 2.33. The van der Waals surface area contributed by atoms with Crippen molar-refractivity contribution in [3.05, 3.63) is 29.5 Å². The highest BCUT2D eigenvalue weighted by molar-refractivity contribution is 7.99. The summed E-state index contributed by atoms with van der Waals surface area (Å²) in [7, 11) is 0. The zero-order valence-electron chi connectivity index (χ0n) is 14.5. The molecular weight excluding hydrogens is 326 g/mol. The van der Waals surface area contributed by atoms with Crippen LogP contribution in [0.25, 0.3) is 0 Å². The number of carbonyl (C=O) groups is 1. The number of furan rings is 1. The monoisotopic (exact) mass is 349 g/mol. The van der Waals surface area contributed by atoms with Gasteiger partial charge in [-0.15, -0.1) is 10.2 Å². The summed E-state index contributed by atoms with van der Waals surface area (Å²) < 4.78 is 11.2. The predicted octanol–water partition coefficient (Wildman–Crippen LogP) is 3.55. The molecule has 0 N–H and O–H groups in total. The second-order valence-corrected chi connectivity index (χ2v) is 8.10. The first kappa shape index (κ1) is 17.1. The third-order valence-corrected chi connectivity index (χ3v) is 4.60. The van der Waals surface area contributed by atoms with Crippen molar-refractivity contribution in [2.45, 2.75) is 63.8 Å². The van der Waals surface area contributed by atoms with E-state index in [0.717, 1.165) is 24.4 Å². The fourth-order valence-electron chi connectivity index (χ4n) is 2.32. The third kappa shape index (κ3) is 4.20. The summed E-state index contributed by atoms with van der Waals surface area (Å²) in [5.41, 5.74) is -0.187. The molecule has 0 aromatic carbocycles. The van der Waals surface area contributed by atoms with Gasteiger partial charge in [0.05, 0.1) is 12.3 Å². The number of thioether (sulfide) groups is 1. The lowest BCUT2D eigenvalue weighted by Gasteiger charge is -2.20. The van der Waals surface area contributed by atoms with E-state index < -0.39 is 0 Å². The molecule has 0 bridgehead atoms. The van der Waals surface area contributed by atoms with Crippen LogP contribution in [0, 0.1) is 6.92 Å². The lowest BCUT2D eigenvalue weighted by Crippen LogP contribution is -2.33. The molecule has 0 radical (unpaired) electrons. The molecule has 130 valence electrons. The van der Waals surface area contributed by atoms with Crippen molar-refractivity contribution in [1.29, 1.82) is 0 Å². The largest absolute Gasteiger partial charge is 0.464 e. The van der Waals surface area contributed by atoms with Gasteiger partial charge >= 0.3 is 0 Å². The summed E-state index contributed by atoms with van der Waals surface area (Å²) >= 11 is 1.29. The van der Waals surface area contributed by atoms with Gasteiger partial charge < -0.3 is 13.7 Å². The highest BCUT2D eigenvalue weighted by Crippen LogP contribution is 2.30. The Balaban J connectivity index is 1.59. The number of rotatable bonds is 6. The summed E-state index contributed by atoms with van der Waals surface area (Å²) in [6.45, 7) is 8.47. The van der Waals surface area contributed by atoms with E-state index in [1.165, 1.54) is 11.8 Å². The van der Waals surface area contributed by atoms with Crippen LogP contribution in [0.1, 0.15) is 51.0 Å². The lowest BCUT2D eigenvalue weighted by molar-refractivity contribution is -0.129. The fraction of sp³-hybridized carbons (Fsp3) is 0.588. The molecule has 0 saturated heterocycles. The minimum absolute atomic E-state index is 0.0760. The topological polar surface area (TPSA) is 72.4 Å². The second-order valence-electron chi connectivity index (χ2n) is 7.18. The summed E-state index contributed by atoms with van der Waals surface area (Å²) in [6, 6.07) is 4.18. The van der Waals surface area contributed by atoms with Crippen molar-refractivity contribution in [3.8, 4) is 0 Å². The average molecular weight is 349 g/mol. The van der Waals surface area contributed by atoms with E-state index in [1.807, 2.05) is 44.7 Å². The molecule has 0 unspecified atom stereocenters. The number of amides is 1. The summed E-state index contributed by atoms with van der Waals surface area (Å²) in [6.07, 6.45) is 2.12. The molecule has 2 heterocycles. The van der Waals surface area contributed by atoms with Crippen molar-refractivity contribution in [1.82, 2.24) is 15.1 Å². The number of nitrogens with zero attached hydrogens (tertiary/aromatic N) is 3. The van der Waals surface area contributed by atoms with E-state index in [1.54, 1.807) is 0 Å². The van der Waals surface area contributed by atoms with Gasteiger partial charge in [0, 0.05) is 11.5 Å². The maximum absolute atomic E-state index is 12.6. The molecule has 3 rings (SSSR count). The van der Waals surface area contributed by atoms with E-state index in [4.69, 9.17) is 8.83 Å². The molecule has 0 aliphatic heterocycles. The van der Waals surface area contributed by atoms with Crippen LogP contribution in [0.15, 0.2) is 26.2 Å². The quantitative estimate of drug-likeness (QED) is 0.743. The number of hydrogen-bond acceptors (Lipinski definition) is 6. The van der Waals surface area contributed by atoms with Crippen LogP contribution in [0.4, 0.5) is 0 Å². The Morgan fingerprint density at radius 1 is 1.29 bits per heavy atom. The Kier molecular flexibility index (Phi) is 4.71. The minimum atomic E-state index is -0.187. The van der Waals surface area contributed by atoms with Crippen molar-refractivity contribution in [3.63, 3.8) is 0 Å². The highest BCUT2D eigenvalue weighted by atomic mass is 32.2. The molecule has 0 spiro atoms. The number of aryl methyl sites for hydroxylation is 1. The summed E-state index contributed by atoms with van der Waals surface area (Å²) in [4.78, 5) is 14.5. The lowest BCUT2D eigenvalue weighted by atomic mass is 9.97. The van der Waals surface area contributed by atoms with Crippen LogP contribution in [0.2, 0.25) is 0 Å². The molecule has 1 fully saturated rings. The van der Waals surface area contributed by atoms with Crippen LogP contribution < -0.4 is 0 Å². The van der Waals surface area contributed by atoms with Crippen molar-refractivity contribution in [2.24, 2.45) is 0 Å². The molecular formula is C17H23N3O3S. The molecule has 1 aliphatic rings. The van der Waals surface area contributed by atoms with Gasteiger partial charge in [-0.1, -0.05) is 32.5 Å². The Labute approximate surface area is 146 Å². The van der Waals surface area contributed by atoms with Gasteiger partial charge in [0.25, 0.3) is 5.22 Å². The van der Waals surface area contributed by atoms with Crippen molar-refractivity contribution < 1.29 is 13.6 Å². The Morgan fingerprint density at radius 2 is 2.04 bits per heavy atom. The maximum atomic E-state index is 12.6. The second kappa shape index (κ2) is 6.63. The van der Waals surface area contributed by atoms with E-state index in [9.17, 15) is 4.79 Å². The standard InChI is InChI=1S/C17H23N3O3S/c1-11-5-8-13(22-11)9-20(12-6-7-12)14(21)10-24-16-19-18-15(23-16)17(2,3)4/h5,8,12H,6-7,9-10H2,1-4H3. The normalized spacial score (nSPS) is 14.8. The smallest absolute Gasteiger partial charge is 0.277 e. The molecule has 2 aromatic heterocycles. The third-order valence-electron chi connectivity index (χ3n) is 3.80. The molecule has 2 aromatic rings. The molecule has 0 atom stereocenters. The summed E-state index contributed by atoms with van der Waals surface area (Å²) in [5, 5.41) is 8.51. The minimum Gasteiger partial charge on any atom is -0.464 e. The van der Waals surface area contributed by atoms with Crippen LogP contribution in [-0.4, -0.2) is 32.8 Å². The van der Waals surface area contributed by atoms with Gasteiger partial charge in [0.2, 0.25) is 11.8 Å². The first-order chi connectivity index (χ1) is 11.3. The molecule has 1 saturated carbocycles. The first-order valence-electron chi connectivity index (χ1n) is 8.14. The Bertz CT molecular complexity index is 713.